The molecule has 0 atom stereocenters. The molecule has 2 N–H and O–H groups in total. The predicted octanol–water partition coefficient (Wildman–Crippen LogP) is 4.02. The molecule has 0 fully saturated rings. The summed E-state index contributed by atoms with van der Waals surface area (Å²) in [5.41, 5.74) is 1.21. The number of aromatic carboxylic acids is 1. The van der Waals surface area contributed by atoms with Crippen molar-refractivity contribution in [2.45, 2.75) is 26.7 Å². The van der Waals surface area contributed by atoms with Crippen molar-refractivity contribution in [3.8, 4) is 0 Å². The number of nitrogens with one attached hydrogen (secondary N) is 1. The molecule has 2 rings (SSSR count). The van der Waals surface area contributed by atoms with Crippen LogP contribution in [0.1, 0.15) is 43.1 Å². The van der Waals surface area contributed by atoms with Gasteiger partial charge in [-0.25, -0.2) is 4.79 Å². The standard InChI is InChI=1S/C14H15NO3S2/c1-3-4-9-7-11(19-8(9)2)13(16)15-12-6-5-10(20-12)14(17)18/h5-7H,3-4H2,1-2H3,(H,15,16)(H,17,18). The van der Waals surface area contributed by atoms with Gasteiger partial charge in [-0.15, -0.1) is 22.7 Å². The maximum Gasteiger partial charge on any atom is 0.345 e. The summed E-state index contributed by atoms with van der Waals surface area (Å²) >= 11 is 2.53. The monoisotopic (exact) mass is 309 g/mol. The Hall–Kier alpha value is -1.66. The van der Waals surface area contributed by atoms with Crippen molar-refractivity contribution in [3.63, 3.8) is 0 Å². The van der Waals surface area contributed by atoms with Crippen LogP contribution in [0.5, 0.6) is 0 Å². The maximum absolute atomic E-state index is 12.1. The SMILES string of the molecule is CCCc1cc(C(=O)Nc2ccc(C(=O)O)s2)sc1C. The number of carboxylic acids is 1. The number of aryl methyl sites for hydroxylation is 2. The highest BCUT2D eigenvalue weighted by Gasteiger charge is 2.14. The first-order chi connectivity index (χ1) is 9.51. The van der Waals surface area contributed by atoms with Crippen molar-refractivity contribution in [1.29, 1.82) is 0 Å². The number of carboxylic acid groups (broad SMARTS) is 1. The Morgan fingerprint density at radius 3 is 2.60 bits per heavy atom. The van der Waals surface area contributed by atoms with Gasteiger partial charge in [0.25, 0.3) is 5.91 Å². The lowest BCUT2D eigenvalue weighted by Gasteiger charge is -1.98. The van der Waals surface area contributed by atoms with Crippen LogP contribution in [-0.2, 0) is 6.42 Å². The molecular weight excluding hydrogens is 294 g/mol. The number of hydrogen-bond acceptors (Lipinski definition) is 4. The van der Waals surface area contributed by atoms with E-state index in [0.717, 1.165) is 29.1 Å². The summed E-state index contributed by atoms with van der Waals surface area (Å²) in [6, 6.07) is 5.02. The second kappa shape index (κ2) is 6.19. The van der Waals surface area contributed by atoms with E-state index in [1.54, 1.807) is 6.07 Å². The van der Waals surface area contributed by atoms with Crippen molar-refractivity contribution in [3.05, 3.63) is 38.4 Å². The smallest absolute Gasteiger partial charge is 0.345 e. The largest absolute Gasteiger partial charge is 0.477 e. The van der Waals surface area contributed by atoms with Gasteiger partial charge >= 0.3 is 5.97 Å². The number of carbonyl (C=O) groups is 2. The van der Waals surface area contributed by atoms with E-state index in [-0.39, 0.29) is 10.8 Å². The van der Waals surface area contributed by atoms with E-state index in [1.165, 1.54) is 23.0 Å². The van der Waals surface area contributed by atoms with E-state index >= 15 is 0 Å². The fourth-order valence-electron chi connectivity index (χ4n) is 1.84. The Balaban J connectivity index is 2.11. The number of thiophene rings is 2. The van der Waals surface area contributed by atoms with Crippen LogP contribution in [0.3, 0.4) is 0 Å². The highest BCUT2D eigenvalue weighted by molar-refractivity contribution is 7.18. The van der Waals surface area contributed by atoms with Gasteiger partial charge in [0.1, 0.15) is 4.88 Å². The van der Waals surface area contributed by atoms with Gasteiger partial charge in [0, 0.05) is 4.88 Å². The number of rotatable bonds is 5. The fourth-order valence-corrected chi connectivity index (χ4v) is 3.55. The van der Waals surface area contributed by atoms with E-state index < -0.39 is 5.97 Å². The lowest BCUT2D eigenvalue weighted by Crippen LogP contribution is -2.08. The van der Waals surface area contributed by atoms with E-state index in [4.69, 9.17) is 5.11 Å². The number of carbonyl (C=O) groups excluding carboxylic acids is 1. The van der Waals surface area contributed by atoms with Crippen molar-refractivity contribution >= 4 is 39.6 Å². The molecule has 2 aromatic rings. The molecule has 2 aromatic heterocycles. The third kappa shape index (κ3) is 3.26. The molecule has 0 bridgehead atoms. The fraction of sp³-hybridized carbons (Fsp3) is 0.286. The van der Waals surface area contributed by atoms with Crippen molar-refractivity contribution in [1.82, 2.24) is 0 Å². The van der Waals surface area contributed by atoms with E-state index in [9.17, 15) is 9.59 Å². The molecule has 0 saturated heterocycles. The first kappa shape index (κ1) is 14.7. The maximum atomic E-state index is 12.1. The number of anilines is 1. The van der Waals surface area contributed by atoms with Gasteiger partial charge in [-0.1, -0.05) is 13.3 Å². The number of amides is 1. The normalized spacial score (nSPS) is 10.5. The lowest BCUT2D eigenvalue weighted by molar-refractivity contribution is 0.0702. The average Bonchev–Trinajstić information content (AvgIpc) is 2.98. The van der Waals surface area contributed by atoms with Crippen molar-refractivity contribution in [2.24, 2.45) is 0 Å². The summed E-state index contributed by atoms with van der Waals surface area (Å²) in [5, 5.41) is 12.1. The molecule has 2 heterocycles. The van der Waals surface area contributed by atoms with Gasteiger partial charge in [-0.2, -0.15) is 0 Å². The van der Waals surface area contributed by atoms with Crippen LogP contribution in [-0.4, -0.2) is 17.0 Å². The van der Waals surface area contributed by atoms with Gasteiger partial charge in [0.15, 0.2) is 0 Å². The first-order valence-electron chi connectivity index (χ1n) is 6.25. The van der Waals surface area contributed by atoms with Gasteiger partial charge in [-0.3, -0.25) is 4.79 Å². The molecule has 0 aromatic carbocycles. The van der Waals surface area contributed by atoms with Crippen LogP contribution in [0.15, 0.2) is 18.2 Å². The van der Waals surface area contributed by atoms with Crippen molar-refractivity contribution in [2.75, 3.05) is 5.32 Å². The van der Waals surface area contributed by atoms with Crippen LogP contribution < -0.4 is 5.32 Å². The second-order valence-corrected chi connectivity index (χ2v) is 6.71. The minimum absolute atomic E-state index is 0.181. The Labute approximate surface area is 125 Å². The van der Waals surface area contributed by atoms with E-state index in [2.05, 4.69) is 12.2 Å². The molecule has 0 aliphatic carbocycles. The van der Waals surface area contributed by atoms with E-state index in [1.807, 2.05) is 13.0 Å². The Kier molecular flexibility index (Phi) is 4.57. The molecule has 0 unspecified atom stereocenters. The predicted molar refractivity (Wildman–Crippen MR) is 82.3 cm³/mol. The molecule has 106 valence electrons. The summed E-state index contributed by atoms with van der Waals surface area (Å²) < 4.78 is 0. The minimum Gasteiger partial charge on any atom is -0.477 e. The zero-order chi connectivity index (χ0) is 14.7. The van der Waals surface area contributed by atoms with Gasteiger partial charge in [0.2, 0.25) is 0 Å². The van der Waals surface area contributed by atoms with E-state index in [0.29, 0.717) is 9.88 Å². The Morgan fingerprint density at radius 1 is 1.25 bits per heavy atom. The molecule has 6 heteroatoms. The van der Waals surface area contributed by atoms with Crippen molar-refractivity contribution < 1.29 is 14.7 Å². The van der Waals surface area contributed by atoms with Gasteiger partial charge in [-0.05, 0) is 37.1 Å². The summed E-state index contributed by atoms with van der Waals surface area (Å²) in [6.45, 7) is 4.12. The molecule has 4 nitrogen and oxygen atoms in total. The van der Waals surface area contributed by atoms with Gasteiger partial charge < -0.3 is 10.4 Å². The first-order valence-corrected chi connectivity index (χ1v) is 7.88. The zero-order valence-electron chi connectivity index (χ0n) is 11.2. The summed E-state index contributed by atoms with van der Waals surface area (Å²) in [5.74, 6) is -1.16. The highest BCUT2D eigenvalue weighted by Crippen LogP contribution is 2.26. The third-order valence-electron chi connectivity index (χ3n) is 2.82. The minimum atomic E-state index is -0.979. The quantitative estimate of drug-likeness (QED) is 0.876. The molecule has 0 aliphatic heterocycles. The second-order valence-electron chi connectivity index (χ2n) is 4.37. The third-order valence-corrected chi connectivity index (χ3v) is 4.90. The van der Waals surface area contributed by atoms with Gasteiger partial charge in [0.05, 0.1) is 9.88 Å². The number of hydrogen-bond donors (Lipinski definition) is 2. The molecule has 20 heavy (non-hydrogen) atoms. The molecule has 0 saturated carbocycles. The highest BCUT2D eigenvalue weighted by atomic mass is 32.1. The molecule has 0 radical (unpaired) electrons. The Bertz CT molecular complexity index is 643. The summed E-state index contributed by atoms with van der Waals surface area (Å²) in [7, 11) is 0. The zero-order valence-corrected chi connectivity index (χ0v) is 12.9. The summed E-state index contributed by atoms with van der Waals surface area (Å²) in [4.78, 5) is 25.0. The molecule has 0 spiro atoms. The molecular formula is C14H15NO3S2. The Morgan fingerprint density at radius 2 is 2.00 bits per heavy atom. The summed E-state index contributed by atoms with van der Waals surface area (Å²) in [6.07, 6.45) is 2.02. The molecule has 1 amide bonds. The lowest BCUT2D eigenvalue weighted by atomic mass is 10.1. The van der Waals surface area contributed by atoms with Crippen LogP contribution in [0.25, 0.3) is 0 Å². The van der Waals surface area contributed by atoms with Crippen LogP contribution in [0, 0.1) is 6.92 Å². The average molecular weight is 309 g/mol. The van der Waals surface area contributed by atoms with Crippen LogP contribution in [0.2, 0.25) is 0 Å². The molecule has 0 aliphatic rings. The topological polar surface area (TPSA) is 66.4 Å². The van der Waals surface area contributed by atoms with Crippen LogP contribution in [0.4, 0.5) is 5.00 Å². The van der Waals surface area contributed by atoms with Crippen LogP contribution >= 0.6 is 22.7 Å².